The van der Waals surface area contributed by atoms with Crippen LogP contribution in [-0.2, 0) is 6.54 Å². The normalized spacial score (nSPS) is 20.1. The van der Waals surface area contributed by atoms with E-state index < -0.39 is 0 Å². The van der Waals surface area contributed by atoms with E-state index in [4.69, 9.17) is 0 Å². The van der Waals surface area contributed by atoms with Crippen LogP contribution in [0, 0.1) is 0 Å². The predicted octanol–water partition coefficient (Wildman–Crippen LogP) is 2.86. The van der Waals surface area contributed by atoms with Gasteiger partial charge in [0.25, 0.3) is 5.91 Å². The SMILES string of the molecule is O=C(c1ccc(CNC2CSCCSC2)cc1)N1CCCC1. The van der Waals surface area contributed by atoms with Gasteiger partial charge in [0.15, 0.2) is 0 Å². The second kappa shape index (κ2) is 8.27. The van der Waals surface area contributed by atoms with E-state index in [-0.39, 0.29) is 5.91 Å². The molecule has 0 bridgehead atoms. The Bertz CT molecular complexity index is 478. The molecule has 2 saturated heterocycles. The van der Waals surface area contributed by atoms with E-state index in [1.165, 1.54) is 28.6 Å². The summed E-state index contributed by atoms with van der Waals surface area (Å²) in [5.41, 5.74) is 2.09. The minimum absolute atomic E-state index is 0.188. The van der Waals surface area contributed by atoms with Gasteiger partial charge in [-0.1, -0.05) is 12.1 Å². The van der Waals surface area contributed by atoms with Crippen molar-refractivity contribution in [3.63, 3.8) is 0 Å². The van der Waals surface area contributed by atoms with Crippen molar-refractivity contribution in [1.82, 2.24) is 10.2 Å². The highest BCUT2D eigenvalue weighted by atomic mass is 32.2. The van der Waals surface area contributed by atoms with Gasteiger partial charge >= 0.3 is 0 Å². The number of nitrogens with zero attached hydrogens (tertiary/aromatic N) is 1. The summed E-state index contributed by atoms with van der Waals surface area (Å²) in [5, 5.41) is 3.64. The average molecular weight is 337 g/mol. The summed E-state index contributed by atoms with van der Waals surface area (Å²) in [6, 6.07) is 8.74. The van der Waals surface area contributed by atoms with Crippen molar-refractivity contribution in [1.29, 1.82) is 0 Å². The average Bonchev–Trinajstić information content (AvgIpc) is 2.97. The topological polar surface area (TPSA) is 32.3 Å². The Morgan fingerprint density at radius 1 is 1.09 bits per heavy atom. The van der Waals surface area contributed by atoms with E-state index in [1.807, 2.05) is 40.6 Å². The molecule has 0 aromatic heterocycles. The first-order valence-electron chi connectivity index (χ1n) is 8.10. The molecule has 1 N–H and O–H groups in total. The van der Waals surface area contributed by atoms with Crippen LogP contribution in [0.3, 0.4) is 0 Å². The van der Waals surface area contributed by atoms with Crippen LogP contribution in [0.15, 0.2) is 24.3 Å². The molecule has 120 valence electrons. The first kappa shape index (κ1) is 16.2. The molecule has 0 saturated carbocycles. The van der Waals surface area contributed by atoms with Crippen molar-refractivity contribution in [2.45, 2.75) is 25.4 Å². The quantitative estimate of drug-likeness (QED) is 0.916. The number of carbonyl (C=O) groups is 1. The van der Waals surface area contributed by atoms with Gasteiger partial charge in [0.05, 0.1) is 0 Å². The Hall–Kier alpha value is -0.650. The molecule has 1 aromatic carbocycles. The van der Waals surface area contributed by atoms with Gasteiger partial charge in [-0.15, -0.1) is 0 Å². The van der Waals surface area contributed by atoms with Gasteiger partial charge in [0.2, 0.25) is 0 Å². The number of amides is 1. The third-order valence-corrected chi connectivity index (χ3v) is 6.72. The molecule has 2 heterocycles. The highest BCUT2D eigenvalue weighted by molar-refractivity contribution is 8.03. The Kier molecular flexibility index (Phi) is 6.10. The lowest BCUT2D eigenvalue weighted by atomic mass is 10.1. The van der Waals surface area contributed by atoms with Crippen LogP contribution in [0.2, 0.25) is 0 Å². The number of thioether (sulfide) groups is 2. The molecular weight excluding hydrogens is 312 g/mol. The Morgan fingerprint density at radius 2 is 1.73 bits per heavy atom. The minimum atomic E-state index is 0.188. The van der Waals surface area contributed by atoms with E-state index in [9.17, 15) is 4.79 Å². The predicted molar refractivity (Wildman–Crippen MR) is 96.9 cm³/mol. The largest absolute Gasteiger partial charge is 0.339 e. The van der Waals surface area contributed by atoms with E-state index in [2.05, 4.69) is 17.4 Å². The maximum Gasteiger partial charge on any atom is 0.253 e. The molecule has 1 aromatic rings. The molecule has 2 aliphatic heterocycles. The van der Waals surface area contributed by atoms with Crippen LogP contribution < -0.4 is 5.32 Å². The smallest absolute Gasteiger partial charge is 0.253 e. The van der Waals surface area contributed by atoms with Crippen molar-refractivity contribution >= 4 is 29.4 Å². The number of carbonyl (C=O) groups excluding carboxylic acids is 1. The molecule has 2 aliphatic rings. The molecule has 5 heteroatoms. The number of rotatable bonds is 4. The first-order chi connectivity index (χ1) is 10.8. The van der Waals surface area contributed by atoms with Crippen molar-refractivity contribution in [2.75, 3.05) is 36.1 Å². The Balaban J connectivity index is 1.51. The Labute approximate surface area is 141 Å². The van der Waals surface area contributed by atoms with E-state index in [1.54, 1.807) is 0 Å². The van der Waals surface area contributed by atoms with E-state index in [0.717, 1.165) is 38.0 Å². The summed E-state index contributed by atoms with van der Waals surface area (Å²) in [6.45, 7) is 2.72. The van der Waals surface area contributed by atoms with Gasteiger partial charge < -0.3 is 10.2 Å². The maximum atomic E-state index is 12.3. The van der Waals surface area contributed by atoms with Crippen LogP contribution >= 0.6 is 23.5 Å². The van der Waals surface area contributed by atoms with Gasteiger partial charge in [-0.2, -0.15) is 23.5 Å². The molecule has 0 spiro atoms. The number of nitrogens with one attached hydrogen (secondary N) is 1. The number of hydrogen-bond donors (Lipinski definition) is 1. The highest BCUT2D eigenvalue weighted by Crippen LogP contribution is 2.17. The van der Waals surface area contributed by atoms with Gasteiger partial charge in [-0.3, -0.25) is 4.79 Å². The molecule has 0 unspecified atom stereocenters. The number of likely N-dealkylation sites (tertiary alicyclic amines) is 1. The van der Waals surface area contributed by atoms with Crippen LogP contribution in [0.1, 0.15) is 28.8 Å². The van der Waals surface area contributed by atoms with Crippen LogP contribution in [0.4, 0.5) is 0 Å². The summed E-state index contributed by atoms with van der Waals surface area (Å²) < 4.78 is 0. The molecule has 0 radical (unpaired) electrons. The standard InChI is InChI=1S/C17H24N2OS2/c20-17(19-7-1-2-8-19)15-5-3-14(4-6-15)11-18-16-12-21-9-10-22-13-16/h3-6,16,18H,1-2,7-13H2. The maximum absolute atomic E-state index is 12.3. The minimum Gasteiger partial charge on any atom is -0.339 e. The monoisotopic (exact) mass is 336 g/mol. The van der Waals surface area contributed by atoms with Gasteiger partial charge in [0, 0.05) is 54.3 Å². The third kappa shape index (κ3) is 4.43. The zero-order valence-corrected chi connectivity index (χ0v) is 14.6. The summed E-state index contributed by atoms with van der Waals surface area (Å²) in [4.78, 5) is 14.3. The van der Waals surface area contributed by atoms with Crippen molar-refractivity contribution in [3.05, 3.63) is 35.4 Å². The summed E-state index contributed by atoms with van der Waals surface area (Å²) >= 11 is 4.09. The molecule has 0 atom stereocenters. The highest BCUT2D eigenvalue weighted by Gasteiger charge is 2.19. The molecule has 22 heavy (non-hydrogen) atoms. The molecular formula is C17H24N2OS2. The molecule has 2 fully saturated rings. The van der Waals surface area contributed by atoms with Crippen molar-refractivity contribution in [2.24, 2.45) is 0 Å². The van der Waals surface area contributed by atoms with Gasteiger partial charge in [0.1, 0.15) is 0 Å². The lowest BCUT2D eigenvalue weighted by Gasteiger charge is -2.17. The Morgan fingerprint density at radius 3 is 2.36 bits per heavy atom. The van der Waals surface area contributed by atoms with E-state index in [0.29, 0.717) is 6.04 Å². The zero-order chi connectivity index (χ0) is 15.2. The molecule has 1 amide bonds. The summed E-state index contributed by atoms with van der Waals surface area (Å²) in [6.07, 6.45) is 2.29. The van der Waals surface area contributed by atoms with Gasteiger partial charge in [-0.25, -0.2) is 0 Å². The lowest BCUT2D eigenvalue weighted by Crippen LogP contribution is -2.32. The molecule has 0 aliphatic carbocycles. The first-order valence-corrected chi connectivity index (χ1v) is 10.4. The number of hydrogen-bond acceptors (Lipinski definition) is 4. The number of benzene rings is 1. The fourth-order valence-corrected chi connectivity index (χ4v) is 5.33. The van der Waals surface area contributed by atoms with Crippen molar-refractivity contribution in [3.8, 4) is 0 Å². The zero-order valence-electron chi connectivity index (χ0n) is 12.9. The summed E-state index contributed by atoms with van der Waals surface area (Å²) in [7, 11) is 0. The molecule has 3 nitrogen and oxygen atoms in total. The lowest BCUT2D eigenvalue weighted by molar-refractivity contribution is 0.0793. The van der Waals surface area contributed by atoms with Crippen LogP contribution in [0.25, 0.3) is 0 Å². The second-order valence-corrected chi connectivity index (χ2v) is 8.22. The summed E-state index contributed by atoms with van der Waals surface area (Å²) in [5.74, 6) is 5.15. The van der Waals surface area contributed by atoms with Gasteiger partial charge in [-0.05, 0) is 30.5 Å². The van der Waals surface area contributed by atoms with Crippen molar-refractivity contribution < 1.29 is 4.79 Å². The van der Waals surface area contributed by atoms with Crippen LogP contribution in [-0.4, -0.2) is 52.9 Å². The van der Waals surface area contributed by atoms with Crippen LogP contribution in [0.5, 0.6) is 0 Å². The second-order valence-electron chi connectivity index (χ2n) is 5.92. The fourth-order valence-electron chi connectivity index (χ4n) is 2.87. The third-order valence-electron chi connectivity index (χ3n) is 4.20. The fraction of sp³-hybridized carbons (Fsp3) is 0.588. The van der Waals surface area contributed by atoms with E-state index >= 15 is 0 Å². The molecule has 3 rings (SSSR count).